The number of fused-ring (bicyclic) bond motifs is 1. The minimum Gasteiger partial charge on any atom is -0.379 e. The second-order valence-electron chi connectivity index (χ2n) is 5.89. The van der Waals surface area contributed by atoms with Crippen LogP contribution < -0.4 is 5.32 Å². The van der Waals surface area contributed by atoms with E-state index in [1.807, 2.05) is 13.0 Å². The van der Waals surface area contributed by atoms with Gasteiger partial charge in [-0.1, -0.05) is 0 Å². The zero-order valence-corrected chi connectivity index (χ0v) is 16.6. The van der Waals surface area contributed by atoms with E-state index >= 15 is 0 Å². The molecule has 0 aliphatic carbocycles. The molecule has 1 N–H and O–H groups in total. The van der Waals surface area contributed by atoms with Crippen LogP contribution in [0.4, 0.5) is 5.82 Å². The van der Waals surface area contributed by atoms with Crippen molar-refractivity contribution in [1.82, 2.24) is 14.3 Å². The van der Waals surface area contributed by atoms with E-state index in [-0.39, 0.29) is 0 Å². The number of ether oxygens (including phenoxy) is 1. The van der Waals surface area contributed by atoms with E-state index in [2.05, 4.69) is 21.4 Å². The monoisotopic (exact) mass is 410 g/mol. The van der Waals surface area contributed by atoms with Crippen molar-refractivity contribution in [3.05, 3.63) is 34.3 Å². The Morgan fingerprint density at radius 1 is 1.23 bits per heavy atom. The minimum absolute atomic E-state index is 0.371. The van der Waals surface area contributed by atoms with Crippen LogP contribution in [0.5, 0.6) is 0 Å². The van der Waals surface area contributed by atoms with E-state index in [1.54, 1.807) is 23.7 Å². The third-order valence-electron chi connectivity index (χ3n) is 4.08. The molecule has 3 aromatic rings. The average Bonchev–Trinajstić information content (AvgIpc) is 3.27. The van der Waals surface area contributed by atoms with Crippen LogP contribution in [0.15, 0.2) is 28.7 Å². The Hall–Kier alpha value is -1.59. The Morgan fingerprint density at radius 3 is 2.85 bits per heavy atom. The number of aryl methyl sites for hydroxylation is 1. The highest BCUT2D eigenvalue weighted by molar-refractivity contribution is 7.91. The van der Waals surface area contributed by atoms with Gasteiger partial charge in [0.15, 0.2) is 0 Å². The Balaban J connectivity index is 1.50. The topological polar surface area (TPSA) is 84.4 Å². The molecule has 26 heavy (non-hydrogen) atoms. The summed E-state index contributed by atoms with van der Waals surface area (Å²) in [4.78, 5) is 11.7. The van der Waals surface area contributed by atoms with E-state index < -0.39 is 10.0 Å². The van der Waals surface area contributed by atoms with Crippen molar-refractivity contribution in [2.45, 2.75) is 17.7 Å². The summed E-state index contributed by atoms with van der Waals surface area (Å²) < 4.78 is 32.5. The van der Waals surface area contributed by atoms with Crippen LogP contribution in [0.1, 0.15) is 9.75 Å². The third kappa shape index (κ3) is 3.47. The fourth-order valence-electron chi connectivity index (χ4n) is 2.79. The van der Waals surface area contributed by atoms with Crippen molar-refractivity contribution < 1.29 is 13.2 Å². The van der Waals surface area contributed by atoms with Crippen molar-refractivity contribution in [2.24, 2.45) is 0 Å². The molecule has 1 saturated heterocycles. The van der Waals surface area contributed by atoms with Crippen molar-refractivity contribution in [2.75, 3.05) is 31.6 Å². The molecule has 4 rings (SSSR count). The van der Waals surface area contributed by atoms with Gasteiger partial charge >= 0.3 is 0 Å². The Labute approximate surface area is 159 Å². The molecule has 3 aromatic heterocycles. The first kappa shape index (κ1) is 17.8. The number of morpholine rings is 1. The molecule has 0 unspecified atom stereocenters. The molecular formula is C16H18N4O3S3. The van der Waals surface area contributed by atoms with Gasteiger partial charge in [0.05, 0.1) is 25.1 Å². The summed E-state index contributed by atoms with van der Waals surface area (Å²) in [6.07, 6.45) is 1.54. The number of hydrogen-bond acceptors (Lipinski definition) is 8. The highest BCUT2D eigenvalue weighted by atomic mass is 32.2. The molecule has 138 valence electrons. The summed E-state index contributed by atoms with van der Waals surface area (Å²) >= 11 is 2.92. The predicted molar refractivity (Wildman–Crippen MR) is 103 cm³/mol. The maximum atomic E-state index is 12.7. The molecule has 1 fully saturated rings. The lowest BCUT2D eigenvalue weighted by molar-refractivity contribution is 0.0731. The zero-order valence-electron chi connectivity index (χ0n) is 14.1. The van der Waals surface area contributed by atoms with E-state index in [1.165, 1.54) is 20.5 Å². The zero-order chi connectivity index (χ0) is 18.1. The van der Waals surface area contributed by atoms with Crippen LogP contribution in [0.3, 0.4) is 0 Å². The smallest absolute Gasteiger partial charge is 0.252 e. The first-order valence-electron chi connectivity index (χ1n) is 8.16. The molecule has 0 saturated carbocycles. The molecule has 7 nitrogen and oxygen atoms in total. The van der Waals surface area contributed by atoms with Gasteiger partial charge in [-0.15, -0.1) is 22.7 Å². The molecule has 4 heterocycles. The molecule has 0 amide bonds. The number of aromatic nitrogens is 2. The van der Waals surface area contributed by atoms with Crippen molar-refractivity contribution in [1.29, 1.82) is 0 Å². The van der Waals surface area contributed by atoms with Crippen molar-refractivity contribution >= 4 is 48.7 Å². The SMILES string of the molecule is Cc1cc2c(NCc3ccc(S(=O)(=O)N4CCOCC4)s3)ncnc2s1. The van der Waals surface area contributed by atoms with Gasteiger partial charge in [-0.05, 0) is 25.1 Å². The Morgan fingerprint density at radius 2 is 2.04 bits per heavy atom. The van der Waals surface area contributed by atoms with Crippen LogP contribution in [0, 0.1) is 6.92 Å². The van der Waals surface area contributed by atoms with Crippen LogP contribution in [-0.4, -0.2) is 49.0 Å². The summed E-state index contributed by atoms with van der Waals surface area (Å²) in [5, 5.41) is 4.29. The highest BCUT2D eigenvalue weighted by Crippen LogP contribution is 2.29. The number of hydrogen-bond donors (Lipinski definition) is 1. The van der Waals surface area contributed by atoms with Gasteiger partial charge < -0.3 is 10.1 Å². The van der Waals surface area contributed by atoms with Crippen LogP contribution in [0.25, 0.3) is 10.2 Å². The standard InChI is InChI=1S/C16H18N4O3S3/c1-11-8-13-15(18-10-19-16(13)24-11)17-9-12-2-3-14(25-12)26(21,22)20-4-6-23-7-5-20/h2-3,8,10H,4-7,9H2,1H3,(H,17,18,19). The lowest BCUT2D eigenvalue weighted by atomic mass is 10.3. The number of nitrogens with zero attached hydrogens (tertiary/aromatic N) is 3. The van der Waals surface area contributed by atoms with Gasteiger partial charge in [0.25, 0.3) is 10.0 Å². The van der Waals surface area contributed by atoms with Crippen LogP contribution >= 0.6 is 22.7 Å². The number of thiophene rings is 2. The summed E-state index contributed by atoms with van der Waals surface area (Å²) in [5.41, 5.74) is 0. The second-order valence-corrected chi connectivity index (χ2v) is 10.5. The molecule has 0 spiro atoms. The minimum atomic E-state index is -3.44. The summed E-state index contributed by atoms with van der Waals surface area (Å²) in [7, 11) is -3.44. The van der Waals surface area contributed by atoms with E-state index in [9.17, 15) is 8.42 Å². The van der Waals surface area contributed by atoms with Gasteiger partial charge in [0.1, 0.15) is 21.2 Å². The van der Waals surface area contributed by atoms with E-state index in [0.717, 1.165) is 20.9 Å². The fraction of sp³-hybridized carbons (Fsp3) is 0.375. The van der Waals surface area contributed by atoms with Gasteiger partial charge in [-0.25, -0.2) is 18.4 Å². The van der Waals surface area contributed by atoms with Crippen LogP contribution in [0.2, 0.25) is 0 Å². The molecule has 0 bridgehead atoms. The van der Waals surface area contributed by atoms with E-state index in [4.69, 9.17) is 4.74 Å². The number of anilines is 1. The molecule has 0 radical (unpaired) electrons. The molecule has 0 aromatic carbocycles. The van der Waals surface area contributed by atoms with Gasteiger partial charge in [-0.2, -0.15) is 4.31 Å². The maximum absolute atomic E-state index is 12.7. The summed E-state index contributed by atoms with van der Waals surface area (Å²) in [6, 6.07) is 5.59. The predicted octanol–water partition coefficient (Wildman–Crippen LogP) is 2.69. The van der Waals surface area contributed by atoms with Crippen molar-refractivity contribution in [3.8, 4) is 0 Å². The quantitative estimate of drug-likeness (QED) is 0.696. The Bertz CT molecular complexity index is 1020. The molecule has 10 heteroatoms. The second kappa shape index (κ2) is 7.20. The first-order chi connectivity index (χ1) is 12.5. The Kier molecular flexibility index (Phi) is 4.93. The fourth-order valence-corrected chi connectivity index (χ4v) is 6.50. The van der Waals surface area contributed by atoms with E-state index in [0.29, 0.717) is 37.1 Å². The summed E-state index contributed by atoms with van der Waals surface area (Å²) in [5.74, 6) is 0.769. The largest absolute Gasteiger partial charge is 0.379 e. The normalized spacial score (nSPS) is 16.2. The maximum Gasteiger partial charge on any atom is 0.252 e. The van der Waals surface area contributed by atoms with Gasteiger partial charge in [0, 0.05) is 22.8 Å². The number of nitrogens with one attached hydrogen (secondary N) is 1. The number of rotatable bonds is 5. The first-order valence-corrected chi connectivity index (χ1v) is 11.2. The summed E-state index contributed by atoms with van der Waals surface area (Å²) in [6.45, 7) is 4.27. The van der Waals surface area contributed by atoms with Gasteiger partial charge in [-0.3, -0.25) is 0 Å². The molecular weight excluding hydrogens is 392 g/mol. The lowest BCUT2D eigenvalue weighted by Crippen LogP contribution is -2.40. The molecule has 0 atom stereocenters. The molecule has 1 aliphatic heterocycles. The third-order valence-corrected chi connectivity index (χ3v) is 8.49. The molecule has 1 aliphatic rings. The average molecular weight is 411 g/mol. The lowest BCUT2D eigenvalue weighted by Gasteiger charge is -2.25. The van der Waals surface area contributed by atoms with Gasteiger partial charge in [0.2, 0.25) is 0 Å². The van der Waals surface area contributed by atoms with Crippen LogP contribution in [-0.2, 0) is 21.3 Å². The highest BCUT2D eigenvalue weighted by Gasteiger charge is 2.27. The number of sulfonamides is 1. The van der Waals surface area contributed by atoms with Crippen molar-refractivity contribution in [3.63, 3.8) is 0 Å².